The van der Waals surface area contributed by atoms with Crippen molar-refractivity contribution in [2.24, 2.45) is 0 Å². The highest BCUT2D eigenvalue weighted by atomic mass is 19.2. The van der Waals surface area contributed by atoms with Crippen molar-refractivity contribution in [3.63, 3.8) is 0 Å². The first kappa shape index (κ1) is 15.2. The van der Waals surface area contributed by atoms with Gasteiger partial charge in [-0.25, -0.2) is 8.78 Å². The molecule has 1 fully saturated rings. The van der Waals surface area contributed by atoms with Crippen molar-refractivity contribution in [1.29, 1.82) is 0 Å². The molecule has 1 aliphatic heterocycles. The Morgan fingerprint density at radius 2 is 1.62 bits per heavy atom. The molecule has 0 aliphatic carbocycles. The smallest absolute Gasteiger partial charge is 0.256 e. The molecule has 2 N–H and O–H groups in total. The maximum atomic E-state index is 13.3. The van der Waals surface area contributed by atoms with Gasteiger partial charge in [-0.2, -0.15) is 0 Å². The lowest BCUT2D eigenvalue weighted by molar-refractivity contribution is -0.128. The van der Waals surface area contributed by atoms with Gasteiger partial charge in [0, 0.05) is 44.9 Å². The number of benzene rings is 1. The molecule has 1 aromatic rings. The summed E-state index contributed by atoms with van der Waals surface area (Å²) in [5, 5.41) is 0. The summed E-state index contributed by atoms with van der Waals surface area (Å²) in [5.41, 5.74) is 5.45. The van der Waals surface area contributed by atoms with Crippen LogP contribution in [0.3, 0.4) is 0 Å². The van der Waals surface area contributed by atoms with Crippen LogP contribution in [0.5, 0.6) is 0 Å². The zero-order valence-corrected chi connectivity index (χ0v) is 11.7. The predicted molar refractivity (Wildman–Crippen MR) is 73.5 cm³/mol. The van der Waals surface area contributed by atoms with E-state index < -0.39 is 17.5 Å². The van der Waals surface area contributed by atoms with E-state index in [2.05, 4.69) is 0 Å². The van der Waals surface area contributed by atoms with Gasteiger partial charge in [0.25, 0.3) is 5.91 Å². The van der Waals surface area contributed by atoms with Gasteiger partial charge in [0.1, 0.15) is 0 Å². The van der Waals surface area contributed by atoms with Crippen molar-refractivity contribution in [2.45, 2.75) is 13.3 Å². The Morgan fingerprint density at radius 3 is 2.29 bits per heavy atom. The van der Waals surface area contributed by atoms with Crippen LogP contribution < -0.4 is 5.73 Å². The summed E-state index contributed by atoms with van der Waals surface area (Å²) in [4.78, 5) is 26.9. The lowest BCUT2D eigenvalue weighted by atomic mass is 10.1. The average Bonchev–Trinajstić information content (AvgIpc) is 2.68. The van der Waals surface area contributed by atoms with Gasteiger partial charge in [0.2, 0.25) is 5.91 Å². The van der Waals surface area contributed by atoms with Crippen molar-refractivity contribution in [3.05, 3.63) is 29.3 Å². The molecular formula is C14H17F2N3O2. The lowest BCUT2D eigenvalue weighted by Crippen LogP contribution is -2.36. The van der Waals surface area contributed by atoms with Crippen LogP contribution in [0.4, 0.5) is 14.5 Å². The van der Waals surface area contributed by atoms with Crippen molar-refractivity contribution in [3.8, 4) is 0 Å². The molecule has 1 heterocycles. The van der Waals surface area contributed by atoms with Crippen LogP contribution in [0, 0.1) is 11.6 Å². The van der Waals surface area contributed by atoms with Gasteiger partial charge in [-0.1, -0.05) is 0 Å². The molecule has 2 amide bonds. The summed E-state index contributed by atoms with van der Waals surface area (Å²) in [5.74, 6) is -2.68. The fourth-order valence-corrected chi connectivity index (χ4v) is 2.35. The first-order valence-electron chi connectivity index (χ1n) is 6.69. The molecule has 5 nitrogen and oxygen atoms in total. The molecule has 0 spiro atoms. The van der Waals surface area contributed by atoms with Crippen LogP contribution in [0.25, 0.3) is 0 Å². The van der Waals surface area contributed by atoms with Crippen LogP contribution in [0.1, 0.15) is 23.7 Å². The number of anilines is 1. The molecule has 7 heteroatoms. The second-order valence-electron chi connectivity index (χ2n) is 5.01. The fourth-order valence-electron chi connectivity index (χ4n) is 2.35. The predicted octanol–water partition coefficient (Wildman–Crippen LogP) is 1.24. The Bertz CT molecular complexity index is 578. The number of nitrogens with two attached hydrogens (primary N) is 1. The lowest BCUT2D eigenvalue weighted by Gasteiger charge is -2.22. The molecule has 0 radical (unpaired) electrons. The number of halogens is 2. The van der Waals surface area contributed by atoms with Gasteiger partial charge < -0.3 is 15.5 Å². The third-order valence-electron chi connectivity index (χ3n) is 3.55. The molecular weight excluding hydrogens is 280 g/mol. The van der Waals surface area contributed by atoms with Crippen LogP contribution in [0.2, 0.25) is 0 Å². The number of rotatable bonds is 1. The van der Waals surface area contributed by atoms with E-state index in [1.54, 1.807) is 4.90 Å². The van der Waals surface area contributed by atoms with E-state index in [0.29, 0.717) is 32.6 Å². The van der Waals surface area contributed by atoms with Crippen LogP contribution >= 0.6 is 0 Å². The van der Waals surface area contributed by atoms with Gasteiger partial charge >= 0.3 is 0 Å². The molecule has 2 rings (SSSR count). The molecule has 21 heavy (non-hydrogen) atoms. The van der Waals surface area contributed by atoms with Crippen molar-refractivity contribution in [1.82, 2.24) is 9.80 Å². The topological polar surface area (TPSA) is 66.6 Å². The molecule has 114 valence electrons. The second-order valence-corrected chi connectivity index (χ2v) is 5.01. The first-order valence-corrected chi connectivity index (χ1v) is 6.69. The average molecular weight is 297 g/mol. The van der Waals surface area contributed by atoms with Gasteiger partial charge in [-0.05, 0) is 12.5 Å². The Morgan fingerprint density at radius 1 is 1.05 bits per heavy atom. The number of carbonyl (C=O) groups is 2. The van der Waals surface area contributed by atoms with Gasteiger partial charge in [0.15, 0.2) is 11.6 Å². The Labute approximate surface area is 121 Å². The summed E-state index contributed by atoms with van der Waals surface area (Å²) < 4.78 is 26.3. The van der Waals surface area contributed by atoms with Crippen molar-refractivity contribution < 1.29 is 18.4 Å². The Kier molecular flexibility index (Phi) is 4.40. The molecule has 0 unspecified atom stereocenters. The standard InChI is InChI=1S/C14H17F2N3O2/c1-9(20)18-3-2-4-19(6-5-18)14(21)10-7-11(15)12(16)8-13(10)17/h7-8H,2-6,17H2,1H3. The van der Waals surface area contributed by atoms with E-state index in [1.165, 1.54) is 11.8 Å². The van der Waals surface area contributed by atoms with Crippen molar-refractivity contribution >= 4 is 17.5 Å². The van der Waals surface area contributed by atoms with Crippen LogP contribution in [0.15, 0.2) is 12.1 Å². The number of hydrogen-bond donors (Lipinski definition) is 1. The molecule has 0 atom stereocenters. The highest BCUT2D eigenvalue weighted by molar-refractivity contribution is 5.99. The third-order valence-corrected chi connectivity index (χ3v) is 3.55. The van der Waals surface area contributed by atoms with E-state index >= 15 is 0 Å². The number of nitrogens with zero attached hydrogens (tertiary/aromatic N) is 2. The maximum absolute atomic E-state index is 13.3. The largest absolute Gasteiger partial charge is 0.398 e. The molecule has 0 aromatic heterocycles. The van der Waals surface area contributed by atoms with Crippen LogP contribution in [-0.2, 0) is 4.79 Å². The summed E-state index contributed by atoms with van der Waals surface area (Å²) in [6, 6.07) is 1.63. The number of carbonyl (C=O) groups excluding carboxylic acids is 2. The minimum absolute atomic E-state index is 0.0448. The van der Waals surface area contributed by atoms with Crippen molar-refractivity contribution in [2.75, 3.05) is 31.9 Å². The zero-order valence-electron chi connectivity index (χ0n) is 11.7. The van der Waals surface area contributed by atoms with Gasteiger partial charge in [-0.15, -0.1) is 0 Å². The van der Waals surface area contributed by atoms with E-state index in [4.69, 9.17) is 5.73 Å². The molecule has 1 saturated heterocycles. The van der Waals surface area contributed by atoms with E-state index in [1.807, 2.05) is 0 Å². The third kappa shape index (κ3) is 3.29. The summed E-state index contributed by atoms with van der Waals surface area (Å²) in [7, 11) is 0. The zero-order chi connectivity index (χ0) is 15.6. The van der Waals surface area contributed by atoms with E-state index in [-0.39, 0.29) is 17.2 Å². The Hall–Kier alpha value is -2.18. The summed E-state index contributed by atoms with van der Waals surface area (Å²) >= 11 is 0. The first-order chi connectivity index (χ1) is 9.90. The number of hydrogen-bond acceptors (Lipinski definition) is 3. The Balaban J connectivity index is 2.17. The quantitative estimate of drug-likeness (QED) is 0.793. The van der Waals surface area contributed by atoms with E-state index in [9.17, 15) is 18.4 Å². The number of nitrogen functional groups attached to an aromatic ring is 1. The van der Waals surface area contributed by atoms with Crippen LogP contribution in [-0.4, -0.2) is 47.8 Å². The SMILES string of the molecule is CC(=O)N1CCCN(C(=O)c2cc(F)c(F)cc2N)CC1. The maximum Gasteiger partial charge on any atom is 0.256 e. The number of amides is 2. The fraction of sp³-hybridized carbons (Fsp3) is 0.429. The minimum Gasteiger partial charge on any atom is -0.398 e. The summed E-state index contributed by atoms with van der Waals surface area (Å²) in [6.45, 7) is 3.26. The normalized spacial score (nSPS) is 15.8. The minimum atomic E-state index is -1.10. The molecule has 0 saturated carbocycles. The highest BCUT2D eigenvalue weighted by Gasteiger charge is 2.23. The van der Waals surface area contributed by atoms with Gasteiger partial charge in [0.05, 0.1) is 5.56 Å². The molecule has 1 aromatic carbocycles. The molecule has 1 aliphatic rings. The monoisotopic (exact) mass is 297 g/mol. The molecule has 0 bridgehead atoms. The second kappa shape index (κ2) is 6.07. The van der Waals surface area contributed by atoms with Gasteiger partial charge in [-0.3, -0.25) is 9.59 Å². The van der Waals surface area contributed by atoms with E-state index in [0.717, 1.165) is 12.1 Å². The summed E-state index contributed by atoms with van der Waals surface area (Å²) in [6.07, 6.45) is 0.634. The highest BCUT2D eigenvalue weighted by Crippen LogP contribution is 2.19.